The first kappa shape index (κ1) is 29.8. The molecule has 1 heterocycles. The number of nitrogens with one attached hydrogen (secondary N) is 2. The normalized spacial score (nSPS) is 17.5. The van der Waals surface area contributed by atoms with Gasteiger partial charge in [-0.2, -0.15) is 13.2 Å². The highest BCUT2D eigenvalue weighted by Crippen LogP contribution is 2.27. The van der Waals surface area contributed by atoms with Crippen LogP contribution in [0.4, 0.5) is 23.2 Å². The van der Waals surface area contributed by atoms with Crippen LogP contribution in [0.1, 0.15) is 30.4 Å². The summed E-state index contributed by atoms with van der Waals surface area (Å²) in [7, 11) is 1.17. The Bertz CT molecular complexity index is 1090. The summed E-state index contributed by atoms with van der Waals surface area (Å²) < 4.78 is 65.5. The van der Waals surface area contributed by atoms with Crippen molar-refractivity contribution in [3.8, 4) is 0 Å². The lowest BCUT2D eigenvalue weighted by Gasteiger charge is -2.43. The monoisotopic (exact) mass is 555 g/mol. The van der Waals surface area contributed by atoms with Gasteiger partial charge in [0.2, 0.25) is 0 Å². The van der Waals surface area contributed by atoms with Gasteiger partial charge in [0.15, 0.2) is 11.2 Å². The van der Waals surface area contributed by atoms with Crippen LogP contribution in [-0.2, 0) is 22.5 Å². The Balaban J connectivity index is 0.000000383. The number of halogens is 4. The second-order valence-electron chi connectivity index (χ2n) is 8.91. The van der Waals surface area contributed by atoms with Crippen molar-refractivity contribution in [3.63, 3.8) is 0 Å². The molecule has 1 atom stereocenters. The van der Waals surface area contributed by atoms with Crippen LogP contribution in [0.3, 0.4) is 0 Å². The van der Waals surface area contributed by atoms with Gasteiger partial charge >= 0.3 is 12.1 Å². The summed E-state index contributed by atoms with van der Waals surface area (Å²) >= 11 is -1.37. The molecule has 12 heteroatoms. The summed E-state index contributed by atoms with van der Waals surface area (Å²) in [5.74, 6) is -2.29. The van der Waals surface area contributed by atoms with E-state index in [1.807, 2.05) is 46.1 Å². The number of nitrogens with zero attached hydrogens (tertiary/aromatic N) is 3. The fourth-order valence-electron chi connectivity index (χ4n) is 4.10. The molecule has 2 aromatic rings. The van der Waals surface area contributed by atoms with Gasteiger partial charge in [0.1, 0.15) is 5.82 Å². The molecule has 2 N–H and O–H groups in total. The Morgan fingerprint density at radius 3 is 2.26 bits per heavy atom. The fourth-order valence-corrected chi connectivity index (χ4v) is 5.41. The maximum Gasteiger partial charge on any atom is 0.472 e. The zero-order chi connectivity index (χ0) is 27.7. The van der Waals surface area contributed by atoms with Gasteiger partial charge in [-0.05, 0) is 36.6 Å². The molecule has 0 radical (unpaired) electrons. The van der Waals surface area contributed by atoms with Gasteiger partial charge in [0.05, 0.1) is 12.2 Å². The number of hydrazine groups is 1. The number of carbonyl (C=O) groups is 1. The van der Waals surface area contributed by atoms with E-state index in [1.54, 1.807) is 16.4 Å². The van der Waals surface area contributed by atoms with Crippen LogP contribution in [0.25, 0.3) is 6.08 Å². The number of alkyl halides is 3. The molecule has 1 aliphatic carbocycles. The average molecular weight is 556 g/mol. The lowest BCUT2D eigenvalue weighted by molar-refractivity contribution is -0.174. The highest BCUT2D eigenvalue weighted by molar-refractivity contribution is 7.84. The van der Waals surface area contributed by atoms with Crippen molar-refractivity contribution in [2.75, 3.05) is 37.5 Å². The third kappa shape index (κ3) is 8.10. The summed E-state index contributed by atoms with van der Waals surface area (Å²) in [5.41, 5.74) is 5.33. The highest BCUT2D eigenvalue weighted by atomic mass is 32.2. The van der Waals surface area contributed by atoms with Gasteiger partial charge in [-0.25, -0.2) is 18.3 Å². The molecule has 1 saturated heterocycles. The first-order chi connectivity index (χ1) is 18.1. The highest BCUT2D eigenvalue weighted by Gasteiger charge is 2.38. The molecule has 0 bridgehead atoms. The van der Waals surface area contributed by atoms with E-state index in [4.69, 9.17) is 0 Å². The Kier molecular flexibility index (Phi) is 10.8. The SMILES string of the molecule is C=Cc1ccc(CN(c2ccccc2)S(=O)N2CCN(C3CCC3)CC2)c(F)c1.CNNC(=O)C(F)(F)F. The van der Waals surface area contributed by atoms with E-state index in [0.717, 1.165) is 37.4 Å². The maximum atomic E-state index is 14.6. The molecule has 7 nitrogen and oxygen atoms in total. The van der Waals surface area contributed by atoms with Gasteiger partial charge in [0.25, 0.3) is 0 Å². The number of para-hydroxylation sites is 1. The first-order valence-corrected chi connectivity index (χ1v) is 13.4. The number of anilines is 1. The maximum absolute atomic E-state index is 14.6. The second kappa shape index (κ2) is 13.8. The molecule has 1 aliphatic heterocycles. The number of benzene rings is 2. The minimum atomic E-state index is -4.80. The van der Waals surface area contributed by atoms with E-state index in [1.165, 1.54) is 37.8 Å². The van der Waals surface area contributed by atoms with Gasteiger partial charge in [-0.3, -0.25) is 19.4 Å². The standard InChI is InChI=1S/C23H28FN3OS.C3H5F3N2O/c1-2-19-11-12-20(23(24)17-19)18-27(22-7-4-3-5-8-22)29(28)26-15-13-25(14-16-26)21-9-6-10-21;1-7-8-2(9)3(4,5)6/h2-5,7-8,11-12,17,21H,1,6,9-10,13-16,18H2;7H,1H3,(H,8,9). The van der Waals surface area contributed by atoms with Gasteiger partial charge in [-0.15, -0.1) is 0 Å². The summed E-state index contributed by atoms with van der Waals surface area (Å²) in [5, 5.41) is 0. The summed E-state index contributed by atoms with van der Waals surface area (Å²) in [4.78, 5) is 12.3. The van der Waals surface area contributed by atoms with E-state index in [2.05, 4.69) is 11.5 Å². The van der Waals surface area contributed by atoms with Gasteiger partial charge in [0, 0.05) is 44.8 Å². The Labute approximate surface area is 223 Å². The van der Waals surface area contributed by atoms with Gasteiger partial charge < -0.3 is 0 Å². The topological polar surface area (TPSA) is 67.9 Å². The molecule has 1 unspecified atom stereocenters. The quantitative estimate of drug-likeness (QED) is 0.382. The largest absolute Gasteiger partial charge is 0.472 e. The third-order valence-electron chi connectivity index (χ3n) is 6.44. The summed E-state index contributed by atoms with van der Waals surface area (Å²) in [6, 6.07) is 15.4. The molecular formula is C26H33F4N5O2S. The van der Waals surface area contributed by atoms with Crippen LogP contribution in [0, 0.1) is 5.82 Å². The van der Waals surface area contributed by atoms with Crippen molar-refractivity contribution >= 4 is 28.8 Å². The molecular weight excluding hydrogens is 522 g/mol. The van der Waals surface area contributed by atoms with Crippen LogP contribution in [0.2, 0.25) is 0 Å². The summed E-state index contributed by atoms with van der Waals surface area (Å²) in [6.45, 7) is 7.37. The number of hydrogen-bond acceptors (Lipinski definition) is 4. The van der Waals surface area contributed by atoms with Gasteiger partial charge in [-0.1, -0.05) is 49.4 Å². The number of amides is 1. The number of piperazine rings is 1. The van der Waals surface area contributed by atoms with Crippen molar-refractivity contribution in [2.45, 2.75) is 38.0 Å². The number of hydrogen-bond donors (Lipinski definition) is 2. The minimum Gasteiger partial charge on any atom is -0.298 e. The van der Waals surface area contributed by atoms with Crippen LogP contribution in [-0.4, -0.2) is 64.8 Å². The molecule has 0 spiro atoms. The molecule has 208 valence electrons. The minimum absolute atomic E-state index is 0.253. The predicted octanol–water partition coefficient (Wildman–Crippen LogP) is 4.02. The molecule has 1 amide bonds. The van der Waals surface area contributed by atoms with E-state index in [9.17, 15) is 26.6 Å². The van der Waals surface area contributed by atoms with Crippen LogP contribution >= 0.6 is 0 Å². The smallest absolute Gasteiger partial charge is 0.298 e. The van der Waals surface area contributed by atoms with Crippen LogP contribution in [0.5, 0.6) is 0 Å². The van der Waals surface area contributed by atoms with Crippen molar-refractivity contribution in [1.29, 1.82) is 0 Å². The van der Waals surface area contributed by atoms with Crippen LogP contribution < -0.4 is 15.2 Å². The number of rotatable bonds is 8. The van der Waals surface area contributed by atoms with E-state index < -0.39 is 23.3 Å². The molecule has 2 fully saturated rings. The summed E-state index contributed by atoms with van der Waals surface area (Å²) in [6.07, 6.45) is 0.734. The zero-order valence-corrected chi connectivity index (χ0v) is 22.0. The van der Waals surface area contributed by atoms with Crippen molar-refractivity contribution in [2.24, 2.45) is 0 Å². The van der Waals surface area contributed by atoms with E-state index >= 15 is 0 Å². The molecule has 2 aromatic carbocycles. The predicted molar refractivity (Wildman–Crippen MR) is 141 cm³/mol. The van der Waals surface area contributed by atoms with E-state index in [-0.39, 0.29) is 12.4 Å². The Hall–Kier alpha value is -2.80. The fraction of sp³-hybridized carbons (Fsp3) is 0.423. The average Bonchev–Trinajstić information content (AvgIpc) is 2.87. The van der Waals surface area contributed by atoms with Crippen molar-refractivity contribution < 1.29 is 26.6 Å². The number of carbonyl (C=O) groups excluding carboxylic acids is 1. The van der Waals surface area contributed by atoms with Crippen LogP contribution in [0.15, 0.2) is 55.1 Å². The Morgan fingerprint density at radius 2 is 1.79 bits per heavy atom. The van der Waals surface area contributed by atoms with Crippen molar-refractivity contribution in [3.05, 3.63) is 72.1 Å². The molecule has 2 aliphatic rings. The molecule has 0 aromatic heterocycles. The van der Waals surface area contributed by atoms with Crippen molar-refractivity contribution in [1.82, 2.24) is 20.1 Å². The first-order valence-electron chi connectivity index (χ1n) is 12.3. The lowest BCUT2D eigenvalue weighted by Crippen LogP contribution is -2.54. The third-order valence-corrected chi connectivity index (χ3v) is 7.96. The lowest BCUT2D eigenvalue weighted by atomic mass is 9.91. The Morgan fingerprint density at radius 1 is 1.13 bits per heavy atom. The van der Waals surface area contributed by atoms with E-state index in [0.29, 0.717) is 11.6 Å². The second-order valence-corrected chi connectivity index (χ2v) is 10.3. The zero-order valence-electron chi connectivity index (χ0n) is 21.2. The molecule has 1 saturated carbocycles. The molecule has 38 heavy (non-hydrogen) atoms. The molecule has 4 rings (SSSR count).